The Bertz CT molecular complexity index is 408. The number of benzene rings is 1. The van der Waals surface area contributed by atoms with Gasteiger partial charge in [0.05, 0.1) is 6.10 Å². The third-order valence-corrected chi connectivity index (χ3v) is 3.54. The molecular formula is C14H20F2N2O. The van der Waals surface area contributed by atoms with Gasteiger partial charge in [-0.1, -0.05) is 6.07 Å². The van der Waals surface area contributed by atoms with Crippen LogP contribution >= 0.6 is 0 Å². The van der Waals surface area contributed by atoms with Crippen molar-refractivity contribution in [2.75, 3.05) is 6.61 Å². The van der Waals surface area contributed by atoms with Gasteiger partial charge in [0.15, 0.2) is 0 Å². The van der Waals surface area contributed by atoms with Crippen LogP contribution in [0.4, 0.5) is 8.78 Å². The van der Waals surface area contributed by atoms with Gasteiger partial charge in [0.1, 0.15) is 11.6 Å². The molecule has 106 valence electrons. The Morgan fingerprint density at radius 1 is 1.37 bits per heavy atom. The van der Waals surface area contributed by atoms with E-state index in [1.54, 1.807) is 0 Å². The van der Waals surface area contributed by atoms with Crippen LogP contribution in [0.25, 0.3) is 0 Å². The fourth-order valence-electron chi connectivity index (χ4n) is 2.47. The van der Waals surface area contributed by atoms with Gasteiger partial charge in [0, 0.05) is 18.7 Å². The number of rotatable bonds is 5. The minimum Gasteiger partial charge on any atom is -0.378 e. The molecule has 2 rings (SSSR count). The molecule has 0 aliphatic carbocycles. The van der Waals surface area contributed by atoms with E-state index in [9.17, 15) is 8.78 Å². The van der Waals surface area contributed by atoms with E-state index in [1.165, 1.54) is 12.1 Å². The van der Waals surface area contributed by atoms with Crippen LogP contribution in [0.1, 0.15) is 31.2 Å². The molecule has 0 spiro atoms. The van der Waals surface area contributed by atoms with Crippen molar-refractivity contribution in [3.63, 3.8) is 0 Å². The molecule has 1 aromatic rings. The molecule has 1 saturated heterocycles. The van der Waals surface area contributed by atoms with Crippen LogP contribution in [-0.2, 0) is 11.2 Å². The Balaban J connectivity index is 1.94. The molecule has 3 N–H and O–H groups in total. The first-order chi connectivity index (χ1) is 9.19. The molecule has 2 atom stereocenters. The summed E-state index contributed by atoms with van der Waals surface area (Å²) in [6.07, 6.45) is 4.63. The van der Waals surface area contributed by atoms with Crippen molar-refractivity contribution in [2.45, 2.75) is 44.2 Å². The smallest absolute Gasteiger partial charge is 0.129 e. The molecule has 19 heavy (non-hydrogen) atoms. The van der Waals surface area contributed by atoms with E-state index in [4.69, 9.17) is 10.6 Å². The second kappa shape index (κ2) is 6.93. The summed E-state index contributed by atoms with van der Waals surface area (Å²) in [4.78, 5) is 0. The molecule has 0 bridgehead atoms. The van der Waals surface area contributed by atoms with Crippen molar-refractivity contribution < 1.29 is 13.5 Å². The molecule has 0 saturated carbocycles. The fourth-order valence-corrected chi connectivity index (χ4v) is 2.47. The zero-order valence-electron chi connectivity index (χ0n) is 10.9. The van der Waals surface area contributed by atoms with Crippen molar-refractivity contribution in [1.29, 1.82) is 0 Å². The number of hydrogen-bond donors (Lipinski definition) is 2. The molecule has 3 nitrogen and oxygen atoms in total. The Morgan fingerprint density at radius 3 is 2.84 bits per heavy atom. The first-order valence-corrected chi connectivity index (χ1v) is 6.70. The van der Waals surface area contributed by atoms with E-state index in [-0.39, 0.29) is 12.1 Å². The lowest BCUT2D eigenvalue weighted by molar-refractivity contribution is 0.00519. The first-order valence-electron chi connectivity index (χ1n) is 6.70. The van der Waals surface area contributed by atoms with Gasteiger partial charge < -0.3 is 4.74 Å². The molecular weight excluding hydrogens is 250 g/mol. The van der Waals surface area contributed by atoms with Crippen molar-refractivity contribution in [2.24, 2.45) is 5.84 Å². The van der Waals surface area contributed by atoms with E-state index in [0.29, 0.717) is 12.0 Å². The predicted molar refractivity (Wildman–Crippen MR) is 69.4 cm³/mol. The van der Waals surface area contributed by atoms with Crippen LogP contribution in [0.2, 0.25) is 0 Å². The summed E-state index contributed by atoms with van der Waals surface area (Å²) in [5.74, 6) is 4.43. The average molecular weight is 270 g/mol. The summed E-state index contributed by atoms with van der Waals surface area (Å²) in [7, 11) is 0. The van der Waals surface area contributed by atoms with Crippen molar-refractivity contribution >= 4 is 0 Å². The normalized spacial score (nSPS) is 21.3. The zero-order chi connectivity index (χ0) is 13.7. The van der Waals surface area contributed by atoms with Crippen molar-refractivity contribution in [3.8, 4) is 0 Å². The van der Waals surface area contributed by atoms with Gasteiger partial charge in [0.25, 0.3) is 0 Å². The Hall–Kier alpha value is -1.04. The third-order valence-electron chi connectivity index (χ3n) is 3.54. The summed E-state index contributed by atoms with van der Waals surface area (Å²) >= 11 is 0. The summed E-state index contributed by atoms with van der Waals surface area (Å²) in [6.45, 7) is 0.785. The number of halogens is 2. The minimum atomic E-state index is -0.561. The number of hydrogen-bond acceptors (Lipinski definition) is 3. The molecule has 0 amide bonds. The molecule has 1 heterocycles. The Morgan fingerprint density at radius 2 is 2.21 bits per heavy atom. The average Bonchev–Trinajstić information content (AvgIpc) is 2.42. The van der Waals surface area contributed by atoms with E-state index in [0.717, 1.165) is 38.4 Å². The van der Waals surface area contributed by atoms with Crippen LogP contribution < -0.4 is 11.3 Å². The van der Waals surface area contributed by atoms with Crippen LogP contribution in [-0.4, -0.2) is 18.8 Å². The molecule has 0 aromatic heterocycles. The molecule has 2 unspecified atom stereocenters. The standard InChI is InChI=1S/C14H20F2N2O/c15-11-5-4-10(14(16)8-11)7-12(18-17)9-13-3-1-2-6-19-13/h4-5,8,12-13,18H,1-3,6-7,9,17H2. The second-order valence-corrected chi connectivity index (χ2v) is 5.03. The zero-order valence-corrected chi connectivity index (χ0v) is 10.9. The Kier molecular flexibility index (Phi) is 5.24. The van der Waals surface area contributed by atoms with Gasteiger partial charge in [-0.15, -0.1) is 0 Å². The lowest BCUT2D eigenvalue weighted by Gasteiger charge is -2.26. The Labute approximate surface area is 112 Å². The number of nitrogens with one attached hydrogen (secondary N) is 1. The quantitative estimate of drug-likeness (QED) is 0.637. The minimum absolute atomic E-state index is 0.0666. The van der Waals surface area contributed by atoms with Gasteiger partial charge in [-0.05, 0) is 43.7 Å². The molecule has 1 fully saturated rings. The van der Waals surface area contributed by atoms with E-state index < -0.39 is 11.6 Å². The van der Waals surface area contributed by atoms with Crippen LogP contribution in [0.3, 0.4) is 0 Å². The number of nitrogens with two attached hydrogens (primary N) is 1. The highest BCUT2D eigenvalue weighted by molar-refractivity contribution is 5.19. The largest absolute Gasteiger partial charge is 0.378 e. The van der Waals surface area contributed by atoms with Crippen LogP contribution in [0, 0.1) is 11.6 Å². The van der Waals surface area contributed by atoms with Crippen molar-refractivity contribution in [3.05, 3.63) is 35.4 Å². The lowest BCUT2D eigenvalue weighted by Crippen LogP contribution is -2.40. The summed E-state index contributed by atoms with van der Waals surface area (Å²) in [6, 6.07) is 3.57. The fraction of sp³-hybridized carbons (Fsp3) is 0.571. The van der Waals surface area contributed by atoms with E-state index in [2.05, 4.69) is 5.43 Å². The molecule has 0 radical (unpaired) electrons. The SMILES string of the molecule is NNC(Cc1ccc(F)cc1F)CC1CCCCO1. The third kappa shape index (κ3) is 4.23. The second-order valence-electron chi connectivity index (χ2n) is 5.03. The topological polar surface area (TPSA) is 47.3 Å². The van der Waals surface area contributed by atoms with E-state index >= 15 is 0 Å². The highest BCUT2D eigenvalue weighted by Crippen LogP contribution is 2.19. The van der Waals surface area contributed by atoms with Gasteiger partial charge in [-0.3, -0.25) is 11.3 Å². The molecule has 1 aromatic carbocycles. The molecule has 5 heteroatoms. The van der Waals surface area contributed by atoms with Crippen molar-refractivity contribution in [1.82, 2.24) is 5.43 Å². The highest BCUT2D eigenvalue weighted by atomic mass is 19.1. The van der Waals surface area contributed by atoms with Crippen LogP contribution in [0.5, 0.6) is 0 Å². The number of hydrazine groups is 1. The van der Waals surface area contributed by atoms with Gasteiger partial charge in [0.2, 0.25) is 0 Å². The maximum absolute atomic E-state index is 13.6. The lowest BCUT2D eigenvalue weighted by atomic mass is 9.97. The molecule has 1 aliphatic rings. The maximum Gasteiger partial charge on any atom is 0.129 e. The monoisotopic (exact) mass is 270 g/mol. The highest BCUT2D eigenvalue weighted by Gasteiger charge is 2.20. The maximum atomic E-state index is 13.6. The molecule has 1 aliphatic heterocycles. The summed E-state index contributed by atoms with van der Waals surface area (Å²) < 4.78 is 32.1. The summed E-state index contributed by atoms with van der Waals surface area (Å²) in [5, 5.41) is 0. The predicted octanol–water partition coefficient (Wildman–Crippen LogP) is 2.30. The van der Waals surface area contributed by atoms with E-state index in [1.807, 2.05) is 0 Å². The van der Waals surface area contributed by atoms with Crippen LogP contribution in [0.15, 0.2) is 18.2 Å². The summed E-state index contributed by atoms with van der Waals surface area (Å²) in [5.41, 5.74) is 3.17. The van der Waals surface area contributed by atoms with Gasteiger partial charge in [-0.2, -0.15) is 0 Å². The van der Waals surface area contributed by atoms with Gasteiger partial charge >= 0.3 is 0 Å². The number of ether oxygens (including phenoxy) is 1. The first kappa shape index (κ1) is 14.4. The van der Waals surface area contributed by atoms with Gasteiger partial charge in [-0.25, -0.2) is 8.78 Å².